The molecule has 0 amide bonds. The molecule has 1 N–H and O–H groups in total. The van der Waals surface area contributed by atoms with Crippen LogP contribution in [0.5, 0.6) is 11.5 Å². The number of halogens is 1. The van der Waals surface area contributed by atoms with Gasteiger partial charge in [0.05, 0.1) is 12.8 Å². The fraction of sp³-hybridized carbons (Fsp3) is 0.211. The van der Waals surface area contributed by atoms with Crippen molar-refractivity contribution in [2.75, 3.05) is 6.61 Å². The highest BCUT2D eigenvalue weighted by molar-refractivity contribution is 9.10. The third-order valence-corrected chi connectivity index (χ3v) is 5.17. The monoisotopic (exact) mass is 446 g/mol. The number of hydrogen-bond acceptors (Lipinski definition) is 6. The van der Waals surface area contributed by atoms with Gasteiger partial charge in [0.25, 0.3) is 0 Å². The van der Waals surface area contributed by atoms with Gasteiger partial charge in [0.2, 0.25) is 5.16 Å². The zero-order valence-electron chi connectivity index (χ0n) is 15.0. The summed E-state index contributed by atoms with van der Waals surface area (Å²) in [5.74, 6) is 2.02. The van der Waals surface area contributed by atoms with E-state index >= 15 is 0 Å². The van der Waals surface area contributed by atoms with E-state index in [1.807, 2.05) is 26.0 Å². The van der Waals surface area contributed by atoms with Gasteiger partial charge in [-0.3, -0.25) is 0 Å². The van der Waals surface area contributed by atoms with E-state index in [1.54, 1.807) is 40.9 Å². The highest BCUT2D eigenvalue weighted by Crippen LogP contribution is 2.26. The fourth-order valence-corrected chi connectivity index (χ4v) is 3.45. The van der Waals surface area contributed by atoms with Crippen LogP contribution in [0.1, 0.15) is 23.9 Å². The van der Waals surface area contributed by atoms with Crippen molar-refractivity contribution in [3.63, 3.8) is 0 Å². The Labute approximate surface area is 170 Å². The molecule has 1 aromatic heterocycles. The maximum Gasteiger partial charge on any atom is 0.212 e. The average Bonchev–Trinajstić information content (AvgIpc) is 3.02. The van der Waals surface area contributed by atoms with Gasteiger partial charge in [-0.2, -0.15) is 9.78 Å². The van der Waals surface area contributed by atoms with E-state index in [0.29, 0.717) is 18.2 Å². The van der Waals surface area contributed by atoms with Gasteiger partial charge in [-0.05, 0) is 55.3 Å². The SMILES string of the molecule is CCOc1cc(/C=N/n2c(C)nnc2SCc2ccc(Br)cc2)ccc1O. The summed E-state index contributed by atoms with van der Waals surface area (Å²) < 4.78 is 8.17. The van der Waals surface area contributed by atoms with Crippen LogP contribution in [-0.2, 0) is 5.75 Å². The van der Waals surface area contributed by atoms with Crippen molar-refractivity contribution < 1.29 is 9.84 Å². The molecule has 8 heteroatoms. The molecule has 0 saturated carbocycles. The van der Waals surface area contributed by atoms with Crippen molar-refractivity contribution in [3.8, 4) is 11.5 Å². The Kier molecular flexibility index (Phi) is 6.52. The van der Waals surface area contributed by atoms with E-state index < -0.39 is 0 Å². The maximum atomic E-state index is 9.80. The standard InChI is InChI=1S/C19H19BrN4O2S/c1-3-26-18-10-15(6-9-17(18)25)11-21-24-13(2)22-23-19(24)27-12-14-4-7-16(20)8-5-14/h4-11,25H,3,12H2,1-2H3/b21-11+. The van der Waals surface area contributed by atoms with Crippen LogP contribution in [0, 0.1) is 6.92 Å². The van der Waals surface area contributed by atoms with Crippen LogP contribution < -0.4 is 4.74 Å². The van der Waals surface area contributed by atoms with Crippen molar-refractivity contribution in [2.24, 2.45) is 5.10 Å². The lowest BCUT2D eigenvalue weighted by Gasteiger charge is -2.06. The summed E-state index contributed by atoms with van der Waals surface area (Å²) in [5.41, 5.74) is 2.01. The molecule has 0 fully saturated rings. The highest BCUT2D eigenvalue weighted by Gasteiger charge is 2.09. The van der Waals surface area contributed by atoms with E-state index in [2.05, 4.69) is 43.4 Å². The number of aromatic nitrogens is 3. The number of thioether (sulfide) groups is 1. The zero-order valence-corrected chi connectivity index (χ0v) is 17.4. The molecule has 0 radical (unpaired) electrons. The first-order valence-corrected chi connectivity index (χ1v) is 10.1. The van der Waals surface area contributed by atoms with Crippen LogP contribution in [0.15, 0.2) is 57.2 Å². The smallest absolute Gasteiger partial charge is 0.212 e. The lowest BCUT2D eigenvalue weighted by molar-refractivity contribution is 0.318. The predicted molar refractivity (Wildman–Crippen MR) is 111 cm³/mol. The normalized spacial score (nSPS) is 11.2. The molecule has 0 aliphatic rings. The van der Waals surface area contributed by atoms with Crippen LogP contribution in [0.4, 0.5) is 0 Å². The molecule has 0 atom stereocenters. The molecule has 0 unspecified atom stereocenters. The zero-order chi connectivity index (χ0) is 19.2. The summed E-state index contributed by atoms with van der Waals surface area (Å²) in [5, 5.41) is 23.3. The molecule has 1 heterocycles. The first-order valence-electron chi connectivity index (χ1n) is 8.36. The Morgan fingerprint density at radius 2 is 2.00 bits per heavy atom. The second-order valence-electron chi connectivity index (χ2n) is 5.66. The molecule has 0 aliphatic heterocycles. The molecular weight excluding hydrogens is 428 g/mol. The number of nitrogens with zero attached hydrogens (tertiary/aromatic N) is 4. The predicted octanol–water partition coefficient (Wildman–Crippen LogP) is 4.63. The molecule has 6 nitrogen and oxygen atoms in total. The van der Waals surface area contributed by atoms with Gasteiger partial charge in [-0.1, -0.05) is 39.8 Å². The number of hydrogen-bond donors (Lipinski definition) is 1. The number of aromatic hydroxyl groups is 1. The van der Waals surface area contributed by atoms with Crippen LogP contribution in [0.3, 0.4) is 0 Å². The summed E-state index contributed by atoms with van der Waals surface area (Å²) in [7, 11) is 0. The Balaban J connectivity index is 1.75. The summed E-state index contributed by atoms with van der Waals surface area (Å²) >= 11 is 5.01. The summed E-state index contributed by atoms with van der Waals surface area (Å²) in [6, 6.07) is 13.3. The highest BCUT2D eigenvalue weighted by atomic mass is 79.9. The molecule has 0 bridgehead atoms. The molecule has 27 heavy (non-hydrogen) atoms. The van der Waals surface area contributed by atoms with Crippen molar-refractivity contribution >= 4 is 33.9 Å². The Bertz CT molecular complexity index is 941. The van der Waals surface area contributed by atoms with Gasteiger partial charge in [0.1, 0.15) is 0 Å². The summed E-state index contributed by atoms with van der Waals surface area (Å²) in [6.07, 6.45) is 1.70. The number of benzene rings is 2. The van der Waals surface area contributed by atoms with Gasteiger partial charge >= 0.3 is 0 Å². The number of phenolic OH excluding ortho intramolecular Hbond substituents is 1. The quantitative estimate of drug-likeness (QED) is 0.423. The first-order chi connectivity index (χ1) is 13.1. The van der Waals surface area contributed by atoms with Crippen molar-refractivity contribution in [1.82, 2.24) is 14.9 Å². The summed E-state index contributed by atoms with van der Waals surface area (Å²) in [6.45, 7) is 4.21. The van der Waals surface area contributed by atoms with Gasteiger partial charge in [0.15, 0.2) is 17.3 Å². The van der Waals surface area contributed by atoms with E-state index in [9.17, 15) is 5.11 Å². The molecule has 0 spiro atoms. The average molecular weight is 447 g/mol. The van der Waals surface area contributed by atoms with Gasteiger partial charge < -0.3 is 9.84 Å². The lowest BCUT2D eigenvalue weighted by atomic mass is 10.2. The fourth-order valence-electron chi connectivity index (χ4n) is 2.30. The Morgan fingerprint density at radius 1 is 1.22 bits per heavy atom. The van der Waals surface area contributed by atoms with E-state index in [1.165, 1.54) is 5.56 Å². The summed E-state index contributed by atoms with van der Waals surface area (Å²) in [4.78, 5) is 0. The second kappa shape index (κ2) is 9.05. The molecule has 2 aromatic carbocycles. The Hall–Kier alpha value is -2.32. The Morgan fingerprint density at radius 3 is 2.74 bits per heavy atom. The molecule has 0 aliphatic carbocycles. The number of phenols is 1. The third kappa shape index (κ3) is 5.11. The number of aryl methyl sites for hydroxylation is 1. The van der Waals surface area contributed by atoms with Gasteiger partial charge in [0, 0.05) is 10.2 Å². The molecular formula is C19H19BrN4O2S. The van der Waals surface area contributed by atoms with Crippen molar-refractivity contribution in [3.05, 3.63) is 63.9 Å². The van der Waals surface area contributed by atoms with Crippen LogP contribution >= 0.6 is 27.7 Å². The minimum absolute atomic E-state index is 0.111. The second-order valence-corrected chi connectivity index (χ2v) is 7.52. The third-order valence-electron chi connectivity index (χ3n) is 3.66. The largest absolute Gasteiger partial charge is 0.504 e. The number of rotatable bonds is 7. The first kappa shape index (κ1) is 19.4. The van der Waals surface area contributed by atoms with E-state index in [0.717, 1.165) is 20.9 Å². The van der Waals surface area contributed by atoms with E-state index in [-0.39, 0.29) is 5.75 Å². The van der Waals surface area contributed by atoms with Crippen LogP contribution in [0.2, 0.25) is 0 Å². The molecule has 0 saturated heterocycles. The van der Waals surface area contributed by atoms with Crippen molar-refractivity contribution in [1.29, 1.82) is 0 Å². The van der Waals surface area contributed by atoms with Crippen LogP contribution in [0.25, 0.3) is 0 Å². The minimum Gasteiger partial charge on any atom is -0.504 e. The van der Waals surface area contributed by atoms with Crippen molar-refractivity contribution in [2.45, 2.75) is 24.8 Å². The lowest BCUT2D eigenvalue weighted by Crippen LogP contribution is -1.97. The molecule has 3 rings (SSSR count). The van der Waals surface area contributed by atoms with Gasteiger partial charge in [-0.25, -0.2) is 0 Å². The van der Waals surface area contributed by atoms with Crippen LogP contribution in [-0.4, -0.2) is 32.8 Å². The van der Waals surface area contributed by atoms with Gasteiger partial charge in [-0.15, -0.1) is 10.2 Å². The topological polar surface area (TPSA) is 72.5 Å². The number of ether oxygens (including phenoxy) is 1. The molecule has 140 valence electrons. The minimum atomic E-state index is 0.111. The molecule has 3 aromatic rings. The van der Waals surface area contributed by atoms with E-state index in [4.69, 9.17) is 4.74 Å². The maximum absolute atomic E-state index is 9.80.